The maximum atomic E-state index is 11.8. The summed E-state index contributed by atoms with van der Waals surface area (Å²) in [6.45, 7) is 5.77. The molecule has 4 nitrogen and oxygen atoms in total. The van der Waals surface area contributed by atoms with E-state index in [-0.39, 0.29) is 11.5 Å². The van der Waals surface area contributed by atoms with Gasteiger partial charge in [-0.15, -0.1) is 11.3 Å². The van der Waals surface area contributed by atoms with Crippen LogP contribution in [0.4, 0.5) is 5.00 Å². The molecule has 0 atom stereocenters. The first-order valence-corrected chi connectivity index (χ1v) is 7.99. The molecule has 0 saturated carbocycles. The Kier molecular flexibility index (Phi) is 4.98. The van der Waals surface area contributed by atoms with E-state index >= 15 is 0 Å². The Morgan fingerprint density at radius 1 is 1.18 bits per heavy atom. The van der Waals surface area contributed by atoms with Gasteiger partial charge < -0.3 is 10.4 Å². The average molecular weight is 317 g/mol. The average Bonchev–Trinajstić information content (AvgIpc) is 2.76. The Morgan fingerprint density at radius 2 is 1.82 bits per heavy atom. The molecule has 1 aromatic heterocycles. The number of carbonyl (C=O) groups is 2. The number of benzene rings is 1. The molecule has 0 radical (unpaired) electrons. The number of amides is 1. The van der Waals surface area contributed by atoms with E-state index < -0.39 is 5.97 Å². The summed E-state index contributed by atoms with van der Waals surface area (Å²) < 4.78 is 0. The zero-order valence-electron chi connectivity index (χ0n) is 12.9. The summed E-state index contributed by atoms with van der Waals surface area (Å²) in [5, 5.41) is 12.7. The zero-order valence-corrected chi connectivity index (χ0v) is 13.7. The molecule has 2 aromatic rings. The lowest BCUT2D eigenvalue weighted by Crippen LogP contribution is -2.12. The molecule has 0 aliphatic heterocycles. The van der Waals surface area contributed by atoms with Crippen LogP contribution in [0.3, 0.4) is 0 Å². The predicted molar refractivity (Wildman–Crippen MR) is 89.7 cm³/mol. The first-order valence-electron chi connectivity index (χ1n) is 7.17. The molecule has 0 fully saturated rings. The molecule has 22 heavy (non-hydrogen) atoms. The molecule has 0 unspecified atom stereocenters. The minimum atomic E-state index is -1.02. The van der Waals surface area contributed by atoms with E-state index in [1.54, 1.807) is 0 Å². The van der Waals surface area contributed by atoms with Crippen molar-refractivity contribution in [1.29, 1.82) is 0 Å². The monoisotopic (exact) mass is 317 g/mol. The van der Waals surface area contributed by atoms with Crippen molar-refractivity contribution in [2.24, 2.45) is 0 Å². The Hall–Kier alpha value is -2.14. The number of hydrogen-bond donors (Lipinski definition) is 2. The molecule has 2 N–H and O–H groups in total. The van der Waals surface area contributed by atoms with E-state index in [0.29, 0.717) is 17.0 Å². The summed E-state index contributed by atoms with van der Waals surface area (Å²) in [5.41, 5.74) is 2.83. The van der Waals surface area contributed by atoms with Crippen molar-refractivity contribution in [2.75, 3.05) is 5.32 Å². The number of carbonyl (C=O) groups excluding carboxylic acids is 1. The first-order chi connectivity index (χ1) is 10.4. The summed E-state index contributed by atoms with van der Waals surface area (Å²) in [5.74, 6) is -1.17. The van der Waals surface area contributed by atoms with E-state index in [0.717, 1.165) is 22.4 Å². The van der Waals surface area contributed by atoms with Crippen LogP contribution in [0.1, 0.15) is 40.6 Å². The topological polar surface area (TPSA) is 66.4 Å². The number of carboxylic acids is 1. The van der Waals surface area contributed by atoms with E-state index in [9.17, 15) is 14.7 Å². The highest BCUT2D eigenvalue weighted by atomic mass is 32.1. The number of hydrogen-bond acceptors (Lipinski definition) is 3. The summed E-state index contributed by atoms with van der Waals surface area (Å²) in [7, 11) is 0. The molecule has 2 rings (SSSR count). The Bertz CT molecular complexity index is 701. The van der Waals surface area contributed by atoms with Crippen LogP contribution in [0.5, 0.6) is 0 Å². The zero-order chi connectivity index (χ0) is 16.3. The van der Waals surface area contributed by atoms with Crippen LogP contribution in [-0.4, -0.2) is 17.0 Å². The fraction of sp³-hybridized carbons (Fsp3) is 0.294. The lowest BCUT2D eigenvalue weighted by atomic mass is 10.0. The molecule has 5 heteroatoms. The summed E-state index contributed by atoms with van der Waals surface area (Å²) in [6.07, 6.45) is 1.11. The lowest BCUT2D eigenvalue weighted by molar-refractivity contribution is -0.116. The number of aryl methyl sites for hydroxylation is 2. The molecular weight excluding hydrogens is 298 g/mol. The smallest absolute Gasteiger partial charge is 0.339 e. The molecule has 0 aliphatic carbocycles. The van der Waals surface area contributed by atoms with Crippen molar-refractivity contribution >= 4 is 28.2 Å². The van der Waals surface area contributed by atoms with Gasteiger partial charge in [-0.05, 0) is 25.8 Å². The summed E-state index contributed by atoms with van der Waals surface area (Å²) in [6, 6.07) is 7.73. The lowest BCUT2D eigenvalue weighted by Gasteiger charge is -2.06. The number of rotatable bonds is 5. The molecule has 1 heterocycles. The van der Waals surface area contributed by atoms with Crippen LogP contribution in [0.2, 0.25) is 0 Å². The van der Waals surface area contributed by atoms with Crippen molar-refractivity contribution in [3.8, 4) is 11.1 Å². The predicted octanol–water partition coefficient (Wildman–Crippen LogP) is 4.47. The van der Waals surface area contributed by atoms with Crippen LogP contribution >= 0.6 is 11.3 Å². The van der Waals surface area contributed by atoms with Gasteiger partial charge in [0.15, 0.2) is 0 Å². The molecular formula is C17H19NO3S. The molecule has 1 aromatic carbocycles. The van der Waals surface area contributed by atoms with E-state index in [1.807, 2.05) is 45.0 Å². The minimum absolute atomic E-state index is 0.151. The number of carboxylic acid groups (broad SMARTS) is 1. The summed E-state index contributed by atoms with van der Waals surface area (Å²) >= 11 is 1.31. The third-order valence-electron chi connectivity index (χ3n) is 3.37. The second-order valence-electron chi connectivity index (χ2n) is 5.21. The SMILES string of the molecule is CCCC(=O)Nc1sc(C)c(-c2ccc(C)cc2)c1C(=O)O. The van der Waals surface area contributed by atoms with Gasteiger partial charge in [0.25, 0.3) is 0 Å². The van der Waals surface area contributed by atoms with E-state index in [2.05, 4.69) is 5.32 Å². The second-order valence-corrected chi connectivity index (χ2v) is 6.43. The van der Waals surface area contributed by atoms with Crippen LogP contribution in [0, 0.1) is 13.8 Å². The Labute approximate surface area is 133 Å². The third kappa shape index (κ3) is 3.36. The highest BCUT2D eigenvalue weighted by Gasteiger charge is 2.23. The largest absolute Gasteiger partial charge is 0.478 e. The van der Waals surface area contributed by atoms with Gasteiger partial charge in [-0.3, -0.25) is 4.79 Å². The summed E-state index contributed by atoms with van der Waals surface area (Å²) in [4.78, 5) is 24.4. The molecule has 0 bridgehead atoms. The standard InChI is InChI=1S/C17H19NO3S/c1-4-5-13(19)18-16-15(17(20)21)14(11(3)22-16)12-8-6-10(2)7-9-12/h6-9H,4-5H2,1-3H3,(H,18,19)(H,20,21). The van der Waals surface area contributed by atoms with Crippen molar-refractivity contribution < 1.29 is 14.7 Å². The fourth-order valence-electron chi connectivity index (χ4n) is 2.32. The maximum Gasteiger partial charge on any atom is 0.339 e. The molecule has 0 spiro atoms. The van der Waals surface area contributed by atoms with E-state index in [4.69, 9.17) is 0 Å². The van der Waals surface area contributed by atoms with Gasteiger partial charge in [0.1, 0.15) is 10.6 Å². The van der Waals surface area contributed by atoms with Gasteiger partial charge >= 0.3 is 5.97 Å². The molecule has 0 saturated heterocycles. The Balaban J connectivity index is 2.50. The maximum absolute atomic E-state index is 11.8. The fourth-order valence-corrected chi connectivity index (χ4v) is 3.41. The van der Waals surface area contributed by atoms with Crippen LogP contribution < -0.4 is 5.32 Å². The molecule has 1 amide bonds. The molecule has 0 aliphatic rings. The minimum Gasteiger partial charge on any atom is -0.478 e. The number of aromatic carboxylic acids is 1. The number of anilines is 1. The normalized spacial score (nSPS) is 10.5. The first kappa shape index (κ1) is 16.2. The third-order valence-corrected chi connectivity index (χ3v) is 4.39. The second kappa shape index (κ2) is 6.75. The van der Waals surface area contributed by atoms with Crippen LogP contribution in [-0.2, 0) is 4.79 Å². The van der Waals surface area contributed by atoms with Crippen molar-refractivity contribution in [3.05, 3.63) is 40.3 Å². The highest BCUT2D eigenvalue weighted by molar-refractivity contribution is 7.17. The van der Waals surface area contributed by atoms with Gasteiger partial charge in [-0.25, -0.2) is 4.79 Å². The van der Waals surface area contributed by atoms with Crippen LogP contribution in [0.15, 0.2) is 24.3 Å². The van der Waals surface area contributed by atoms with Gasteiger partial charge in [0.2, 0.25) is 5.91 Å². The van der Waals surface area contributed by atoms with Gasteiger partial charge in [-0.2, -0.15) is 0 Å². The van der Waals surface area contributed by atoms with Crippen molar-refractivity contribution in [3.63, 3.8) is 0 Å². The van der Waals surface area contributed by atoms with E-state index in [1.165, 1.54) is 11.3 Å². The Morgan fingerprint density at radius 3 is 2.36 bits per heavy atom. The van der Waals surface area contributed by atoms with Gasteiger partial charge in [0, 0.05) is 16.9 Å². The highest BCUT2D eigenvalue weighted by Crippen LogP contribution is 2.40. The van der Waals surface area contributed by atoms with Gasteiger partial charge in [0.05, 0.1) is 0 Å². The van der Waals surface area contributed by atoms with Crippen molar-refractivity contribution in [2.45, 2.75) is 33.6 Å². The number of nitrogens with one attached hydrogen (secondary N) is 1. The number of thiophene rings is 1. The molecule has 116 valence electrons. The quantitative estimate of drug-likeness (QED) is 0.855. The van der Waals surface area contributed by atoms with Crippen LogP contribution in [0.25, 0.3) is 11.1 Å². The van der Waals surface area contributed by atoms with Gasteiger partial charge in [-0.1, -0.05) is 36.8 Å². The van der Waals surface area contributed by atoms with Crippen molar-refractivity contribution in [1.82, 2.24) is 0 Å².